The number of amides is 2. The number of halogens is 2. The van der Waals surface area contributed by atoms with Crippen molar-refractivity contribution in [2.75, 3.05) is 32.8 Å². The van der Waals surface area contributed by atoms with E-state index in [4.69, 9.17) is 9.82 Å². The van der Waals surface area contributed by atoms with Crippen molar-refractivity contribution in [1.29, 1.82) is 0 Å². The summed E-state index contributed by atoms with van der Waals surface area (Å²) in [6, 6.07) is 13.6. The van der Waals surface area contributed by atoms with Crippen LogP contribution in [-0.4, -0.2) is 70.7 Å². The number of para-hydroxylation sites is 1. The van der Waals surface area contributed by atoms with Gasteiger partial charge in [0.1, 0.15) is 5.75 Å². The number of piperidine rings is 2. The van der Waals surface area contributed by atoms with E-state index in [1.807, 2.05) is 6.20 Å². The van der Waals surface area contributed by atoms with Gasteiger partial charge in [-0.25, -0.2) is 0 Å². The van der Waals surface area contributed by atoms with E-state index >= 15 is 0 Å². The molecule has 2 aliphatic heterocycles. The molecule has 0 spiro atoms. The predicted molar refractivity (Wildman–Crippen MR) is 185 cm³/mol. The van der Waals surface area contributed by atoms with Crippen molar-refractivity contribution >= 4 is 49.9 Å². The fourth-order valence-corrected chi connectivity index (χ4v) is 8.58. The molecule has 1 atom stereocenters. The van der Waals surface area contributed by atoms with Crippen molar-refractivity contribution in [3.8, 4) is 5.75 Å². The van der Waals surface area contributed by atoms with E-state index in [2.05, 4.69) is 67.0 Å². The van der Waals surface area contributed by atoms with Crippen molar-refractivity contribution in [2.24, 2.45) is 17.0 Å². The lowest BCUT2D eigenvalue weighted by atomic mass is 9.76. The van der Waals surface area contributed by atoms with E-state index in [9.17, 15) is 14.7 Å². The number of oxime groups is 1. The Kier molecular flexibility index (Phi) is 10.4. The van der Waals surface area contributed by atoms with E-state index in [1.165, 1.54) is 38.6 Å². The maximum Gasteiger partial charge on any atom is 0.263 e. The first-order valence-electron chi connectivity index (χ1n) is 16.2. The van der Waals surface area contributed by atoms with Gasteiger partial charge in [-0.1, -0.05) is 39.3 Å². The number of hydrogen-bond donors (Lipinski definition) is 1. The highest BCUT2D eigenvalue weighted by molar-refractivity contribution is 9.10. The highest BCUT2D eigenvalue weighted by Gasteiger charge is 2.36. The van der Waals surface area contributed by atoms with Crippen LogP contribution in [0.25, 0.3) is 0 Å². The minimum absolute atomic E-state index is 0.104. The van der Waals surface area contributed by atoms with E-state index in [0.29, 0.717) is 31.0 Å². The molecule has 1 N–H and O–H groups in total. The Labute approximate surface area is 287 Å². The third-order valence-electron chi connectivity index (χ3n) is 9.78. The summed E-state index contributed by atoms with van der Waals surface area (Å²) in [7, 11) is 0. The average molecular weight is 753 g/mol. The molecule has 3 aliphatic rings. The molecule has 0 saturated carbocycles. The minimum Gasteiger partial charge on any atom is -0.507 e. The molecule has 1 aromatic heterocycles. The number of phenols is 1. The van der Waals surface area contributed by atoms with Crippen LogP contribution < -0.4 is 0 Å². The number of fused-ring (bicyclic) bond motifs is 2. The molecule has 2 saturated heterocycles. The summed E-state index contributed by atoms with van der Waals surface area (Å²) < 4.78 is 2.19. The number of hydrogen-bond acceptors (Lipinski definition) is 6. The fraction of sp³-hybridized carbons (Fsp3) is 0.444. The second-order valence-electron chi connectivity index (χ2n) is 12.8. The van der Waals surface area contributed by atoms with E-state index < -0.39 is 0 Å². The summed E-state index contributed by atoms with van der Waals surface area (Å²) in [6.45, 7) is 4.76. The Morgan fingerprint density at radius 1 is 0.978 bits per heavy atom. The van der Waals surface area contributed by atoms with Gasteiger partial charge < -0.3 is 19.7 Å². The van der Waals surface area contributed by atoms with E-state index in [0.717, 1.165) is 56.1 Å². The molecule has 2 amide bonds. The summed E-state index contributed by atoms with van der Waals surface area (Å²) in [5.74, 6) is 1.10. The Bertz CT molecular complexity index is 1610. The van der Waals surface area contributed by atoms with Gasteiger partial charge in [0.25, 0.3) is 5.91 Å². The number of phenolic OH excluding ortho intramolecular Hbond substituents is 1. The minimum atomic E-state index is -0.151. The summed E-state index contributed by atoms with van der Waals surface area (Å²) in [4.78, 5) is 40.1. The van der Waals surface area contributed by atoms with Gasteiger partial charge in [-0.15, -0.1) is 0 Å². The number of carbonyl (C=O) groups excluding carboxylic acids is 2. The Morgan fingerprint density at radius 2 is 1.67 bits per heavy atom. The van der Waals surface area contributed by atoms with Crippen molar-refractivity contribution in [2.45, 2.75) is 57.8 Å². The molecule has 6 rings (SSSR count). The van der Waals surface area contributed by atoms with Crippen molar-refractivity contribution < 1.29 is 19.5 Å². The molecule has 2 fully saturated rings. The summed E-state index contributed by atoms with van der Waals surface area (Å²) in [6.07, 6.45) is 9.34. The zero-order chi connectivity index (χ0) is 32.2. The molecule has 3 aromatic rings. The number of carbonyl (C=O) groups is 2. The maximum absolute atomic E-state index is 13.4. The van der Waals surface area contributed by atoms with Crippen LogP contribution in [0.2, 0.25) is 0 Å². The standard InChI is InChI=1S/C36H40Br2N4O4/c1-23-16-26-6-7-27-19-29(37)21-39-36(27)35(34(26)30(38)17-23)25-10-14-41(15-11-25)32(44)18-24-8-12-42(13-9-24)33(45)22-46-40-20-28-4-2-3-5-31(28)43/h2-5,16-17,19-21,24-25,35,43H,6-15,18,22H2,1H3/b40-20+. The van der Waals surface area contributed by atoms with Crippen LogP contribution >= 0.6 is 31.9 Å². The fourth-order valence-electron chi connectivity index (χ4n) is 7.34. The Balaban J connectivity index is 1.00. The maximum atomic E-state index is 13.4. The molecule has 2 aromatic carbocycles. The van der Waals surface area contributed by atoms with Gasteiger partial charge >= 0.3 is 0 Å². The third-order valence-corrected chi connectivity index (χ3v) is 10.9. The lowest BCUT2D eigenvalue weighted by Crippen LogP contribution is -2.43. The molecule has 1 aliphatic carbocycles. The first-order chi connectivity index (χ1) is 22.3. The van der Waals surface area contributed by atoms with Crippen molar-refractivity contribution in [3.63, 3.8) is 0 Å². The molecule has 10 heteroatoms. The zero-order valence-corrected chi connectivity index (χ0v) is 29.3. The topological polar surface area (TPSA) is 95.3 Å². The molecule has 46 heavy (non-hydrogen) atoms. The molecule has 242 valence electrons. The number of benzene rings is 2. The first kappa shape index (κ1) is 32.7. The number of rotatable bonds is 7. The molecule has 3 heterocycles. The highest BCUT2D eigenvalue weighted by atomic mass is 79.9. The van der Waals surface area contributed by atoms with Gasteiger partial charge in [0.2, 0.25) is 5.91 Å². The van der Waals surface area contributed by atoms with Gasteiger partial charge in [-0.3, -0.25) is 14.6 Å². The molecule has 8 nitrogen and oxygen atoms in total. The van der Waals surface area contributed by atoms with Crippen LogP contribution in [0.15, 0.2) is 62.8 Å². The lowest BCUT2D eigenvalue weighted by Gasteiger charge is -2.38. The van der Waals surface area contributed by atoms with Gasteiger partial charge in [-0.2, -0.15) is 0 Å². The Morgan fingerprint density at radius 3 is 2.43 bits per heavy atom. The SMILES string of the molecule is Cc1cc(Br)c2c(c1)CCc1cc(Br)cnc1C2C1CCN(C(=O)CC2CCN(C(=O)CO/N=C/c3ccccc3O)CC2)CC1. The molecule has 0 bridgehead atoms. The van der Waals surface area contributed by atoms with Gasteiger partial charge in [0.15, 0.2) is 6.61 Å². The van der Waals surface area contributed by atoms with E-state index in [-0.39, 0.29) is 36.0 Å². The summed E-state index contributed by atoms with van der Waals surface area (Å²) in [5, 5.41) is 13.6. The second kappa shape index (κ2) is 14.7. The molecule has 1 unspecified atom stereocenters. The number of aromatic nitrogens is 1. The summed E-state index contributed by atoms with van der Waals surface area (Å²) >= 11 is 7.56. The van der Waals surface area contributed by atoms with Crippen molar-refractivity contribution in [3.05, 3.63) is 91.1 Å². The van der Waals surface area contributed by atoms with Crippen LogP contribution in [0, 0.1) is 18.8 Å². The molecule has 0 radical (unpaired) electrons. The predicted octanol–water partition coefficient (Wildman–Crippen LogP) is 6.77. The van der Waals surface area contributed by atoms with Crippen LogP contribution in [0.1, 0.15) is 71.5 Å². The van der Waals surface area contributed by atoms with Crippen LogP contribution in [-0.2, 0) is 27.3 Å². The van der Waals surface area contributed by atoms with Gasteiger partial charge in [0.05, 0.1) is 11.9 Å². The van der Waals surface area contributed by atoms with Gasteiger partial charge in [-0.05, 0) is 120 Å². The number of aromatic hydroxyl groups is 1. The van der Waals surface area contributed by atoms with Crippen molar-refractivity contribution in [1.82, 2.24) is 14.8 Å². The smallest absolute Gasteiger partial charge is 0.263 e. The Hall–Kier alpha value is -3.24. The number of pyridine rings is 1. The quantitative estimate of drug-likeness (QED) is 0.213. The van der Waals surface area contributed by atoms with Crippen LogP contribution in [0.4, 0.5) is 0 Å². The average Bonchev–Trinajstić information content (AvgIpc) is 3.21. The van der Waals surface area contributed by atoms with Crippen LogP contribution in [0.5, 0.6) is 5.75 Å². The first-order valence-corrected chi connectivity index (χ1v) is 17.8. The monoisotopic (exact) mass is 750 g/mol. The van der Waals surface area contributed by atoms with E-state index in [1.54, 1.807) is 29.2 Å². The lowest BCUT2D eigenvalue weighted by molar-refractivity contribution is -0.138. The van der Waals surface area contributed by atoms with Gasteiger partial charge in [0, 0.05) is 59.2 Å². The molecular weight excluding hydrogens is 712 g/mol. The van der Waals surface area contributed by atoms with Crippen LogP contribution in [0.3, 0.4) is 0 Å². The zero-order valence-electron chi connectivity index (χ0n) is 26.1. The second-order valence-corrected chi connectivity index (χ2v) is 14.6. The largest absolute Gasteiger partial charge is 0.507 e. The molecular formula is C36H40Br2N4O4. The third kappa shape index (κ3) is 7.49. The highest BCUT2D eigenvalue weighted by Crippen LogP contribution is 2.45. The summed E-state index contributed by atoms with van der Waals surface area (Å²) in [5.41, 5.74) is 7.07. The normalized spacial score (nSPS) is 19.1. The number of aryl methyl sites for hydroxylation is 3. The number of nitrogens with zero attached hydrogens (tertiary/aromatic N) is 4. The number of likely N-dealkylation sites (tertiary alicyclic amines) is 2.